The number of likely N-dealkylation sites (tertiary alicyclic amines) is 1. The first-order chi connectivity index (χ1) is 10.6. The second-order valence-electron chi connectivity index (χ2n) is 5.52. The van der Waals surface area contributed by atoms with E-state index in [-0.39, 0.29) is 5.91 Å². The van der Waals surface area contributed by atoms with E-state index >= 15 is 0 Å². The van der Waals surface area contributed by atoms with Crippen LogP contribution in [0.3, 0.4) is 0 Å². The molecule has 1 fully saturated rings. The number of carbonyl (C=O) groups is 1. The highest BCUT2D eigenvalue weighted by Crippen LogP contribution is 2.23. The van der Waals surface area contributed by atoms with Gasteiger partial charge in [0.2, 0.25) is 0 Å². The Morgan fingerprint density at radius 1 is 1.18 bits per heavy atom. The topological polar surface area (TPSA) is 45.2 Å². The summed E-state index contributed by atoms with van der Waals surface area (Å²) in [6.07, 6.45) is 3.89. The molecule has 0 spiro atoms. The van der Waals surface area contributed by atoms with Crippen molar-refractivity contribution in [3.8, 4) is 0 Å². The minimum atomic E-state index is 0.0311. The highest BCUT2D eigenvalue weighted by molar-refractivity contribution is 9.10. The van der Waals surface area contributed by atoms with Gasteiger partial charge in [-0.3, -0.25) is 4.79 Å². The molecule has 0 saturated carbocycles. The summed E-state index contributed by atoms with van der Waals surface area (Å²) in [7, 11) is 0. The maximum absolute atomic E-state index is 12.2. The van der Waals surface area contributed by atoms with Gasteiger partial charge in [0.25, 0.3) is 5.91 Å². The van der Waals surface area contributed by atoms with Gasteiger partial charge in [-0.1, -0.05) is 15.9 Å². The third kappa shape index (κ3) is 3.30. The van der Waals surface area contributed by atoms with Gasteiger partial charge in [0.1, 0.15) is 5.69 Å². The molecule has 1 aromatic heterocycles. The van der Waals surface area contributed by atoms with Gasteiger partial charge < -0.3 is 10.2 Å². The van der Waals surface area contributed by atoms with E-state index in [9.17, 15) is 4.79 Å². The van der Waals surface area contributed by atoms with E-state index in [1.165, 1.54) is 5.56 Å². The average molecular weight is 360 g/mol. The first-order valence-corrected chi connectivity index (χ1v) is 8.21. The fourth-order valence-corrected chi connectivity index (χ4v) is 2.81. The zero-order valence-corrected chi connectivity index (χ0v) is 14.1. The number of carbonyl (C=O) groups excluding carboxylic acids is 1. The number of halogens is 1. The number of benzene rings is 1. The number of hydrogen-bond acceptors (Lipinski definition) is 3. The Labute approximate surface area is 138 Å². The number of rotatable bonds is 3. The lowest BCUT2D eigenvalue weighted by molar-refractivity contribution is 0.0787. The van der Waals surface area contributed by atoms with Gasteiger partial charge >= 0.3 is 0 Å². The summed E-state index contributed by atoms with van der Waals surface area (Å²) in [5.41, 5.74) is 3.55. The van der Waals surface area contributed by atoms with Crippen LogP contribution in [0, 0.1) is 6.92 Å². The number of aryl methyl sites for hydroxylation is 1. The highest BCUT2D eigenvalue weighted by atomic mass is 79.9. The van der Waals surface area contributed by atoms with Crippen molar-refractivity contribution in [1.82, 2.24) is 9.88 Å². The average Bonchev–Trinajstić information content (AvgIpc) is 3.05. The Hall–Kier alpha value is -1.88. The lowest BCUT2D eigenvalue weighted by atomic mass is 10.2. The second kappa shape index (κ2) is 6.48. The molecule has 114 valence electrons. The molecule has 1 aliphatic heterocycles. The SMILES string of the molecule is Cc1cc(Nc2ccc(C(=O)N3CCCC3)nc2)ccc1Br. The molecule has 3 rings (SSSR count). The predicted octanol–water partition coefficient (Wildman–Crippen LogP) is 4.13. The molecule has 2 aromatic rings. The van der Waals surface area contributed by atoms with E-state index in [4.69, 9.17) is 0 Å². The fourth-order valence-electron chi connectivity index (χ4n) is 2.57. The van der Waals surface area contributed by atoms with Crippen molar-refractivity contribution >= 4 is 33.2 Å². The Morgan fingerprint density at radius 2 is 1.91 bits per heavy atom. The maximum atomic E-state index is 12.2. The van der Waals surface area contributed by atoms with Crippen LogP contribution in [0.4, 0.5) is 11.4 Å². The molecule has 1 amide bonds. The Balaban J connectivity index is 1.70. The molecule has 0 bridgehead atoms. The van der Waals surface area contributed by atoms with Gasteiger partial charge in [0, 0.05) is 23.2 Å². The van der Waals surface area contributed by atoms with Crippen molar-refractivity contribution in [1.29, 1.82) is 0 Å². The van der Waals surface area contributed by atoms with E-state index in [0.29, 0.717) is 5.69 Å². The highest BCUT2D eigenvalue weighted by Gasteiger charge is 2.20. The summed E-state index contributed by atoms with van der Waals surface area (Å²) in [5.74, 6) is 0.0311. The summed E-state index contributed by atoms with van der Waals surface area (Å²) in [5, 5.41) is 3.30. The zero-order valence-electron chi connectivity index (χ0n) is 12.5. The fraction of sp³-hybridized carbons (Fsp3) is 0.294. The Kier molecular flexibility index (Phi) is 4.43. The molecular formula is C17H18BrN3O. The van der Waals surface area contributed by atoms with Crippen molar-refractivity contribution in [2.24, 2.45) is 0 Å². The van der Waals surface area contributed by atoms with Crippen LogP contribution >= 0.6 is 15.9 Å². The van der Waals surface area contributed by atoms with Crippen LogP contribution in [-0.4, -0.2) is 28.9 Å². The summed E-state index contributed by atoms with van der Waals surface area (Å²) < 4.78 is 1.09. The molecule has 1 aliphatic rings. The lowest BCUT2D eigenvalue weighted by Gasteiger charge is -2.14. The monoisotopic (exact) mass is 359 g/mol. The van der Waals surface area contributed by atoms with Gasteiger partial charge in [-0.2, -0.15) is 0 Å². The number of aromatic nitrogens is 1. The van der Waals surface area contributed by atoms with Gasteiger partial charge in [-0.15, -0.1) is 0 Å². The van der Waals surface area contributed by atoms with Crippen LogP contribution in [0.25, 0.3) is 0 Å². The molecule has 22 heavy (non-hydrogen) atoms. The zero-order chi connectivity index (χ0) is 15.5. The summed E-state index contributed by atoms with van der Waals surface area (Å²) in [6, 6.07) is 9.76. The number of amides is 1. The quantitative estimate of drug-likeness (QED) is 0.895. The van der Waals surface area contributed by atoms with Crippen molar-refractivity contribution in [2.45, 2.75) is 19.8 Å². The first-order valence-electron chi connectivity index (χ1n) is 7.42. The molecule has 2 heterocycles. The van der Waals surface area contributed by atoms with Crippen molar-refractivity contribution in [3.63, 3.8) is 0 Å². The van der Waals surface area contributed by atoms with Crippen molar-refractivity contribution in [3.05, 3.63) is 52.3 Å². The second-order valence-corrected chi connectivity index (χ2v) is 6.37. The third-order valence-corrected chi connectivity index (χ3v) is 4.71. The minimum Gasteiger partial charge on any atom is -0.354 e. The van der Waals surface area contributed by atoms with Gasteiger partial charge in [0.15, 0.2) is 0 Å². The van der Waals surface area contributed by atoms with Crippen LogP contribution in [0.15, 0.2) is 41.0 Å². The molecule has 1 saturated heterocycles. The lowest BCUT2D eigenvalue weighted by Crippen LogP contribution is -2.28. The minimum absolute atomic E-state index is 0.0311. The maximum Gasteiger partial charge on any atom is 0.272 e. The van der Waals surface area contributed by atoms with E-state index in [0.717, 1.165) is 41.8 Å². The van der Waals surface area contributed by atoms with E-state index < -0.39 is 0 Å². The molecule has 0 radical (unpaired) electrons. The summed E-state index contributed by atoms with van der Waals surface area (Å²) in [4.78, 5) is 18.4. The molecule has 0 atom stereocenters. The van der Waals surface area contributed by atoms with Gasteiger partial charge in [-0.25, -0.2) is 4.98 Å². The molecule has 4 nitrogen and oxygen atoms in total. The van der Waals surface area contributed by atoms with Crippen LogP contribution in [0.5, 0.6) is 0 Å². The molecule has 0 aliphatic carbocycles. The van der Waals surface area contributed by atoms with E-state index in [2.05, 4.69) is 32.3 Å². The van der Waals surface area contributed by atoms with Crippen LogP contribution in [-0.2, 0) is 0 Å². The van der Waals surface area contributed by atoms with Crippen LogP contribution < -0.4 is 5.32 Å². The molecular weight excluding hydrogens is 342 g/mol. The number of nitrogens with zero attached hydrogens (tertiary/aromatic N) is 2. The first kappa shape index (κ1) is 15.0. The predicted molar refractivity (Wildman–Crippen MR) is 91.5 cm³/mol. The molecule has 1 aromatic carbocycles. The van der Waals surface area contributed by atoms with Crippen molar-refractivity contribution < 1.29 is 4.79 Å². The summed E-state index contributed by atoms with van der Waals surface area (Å²) >= 11 is 3.49. The third-order valence-electron chi connectivity index (χ3n) is 3.82. The number of nitrogens with one attached hydrogen (secondary N) is 1. The van der Waals surface area contributed by atoms with Crippen LogP contribution in [0.1, 0.15) is 28.9 Å². The van der Waals surface area contributed by atoms with E-state index in [1.54, 1.807) is 12.3 Å². The van der Waals surface area contributed by atoms with Gasteiger partial charge in [-0.05, 0) is 55.7 Å². The molecule has 5 heteroatoms. The van der Waals surface area contributed by atoms with Crippen LogP contribution in [0.2, 0.25) is 0 Å². The van der Waals surface area contributed by atoms with Gasteiger partial charge in [0.05, 0.1) is 11.9 Å². The normalized spacial score (nSPS) is 14.2. The van der Waals surface area contributed by atoms with E-state index in [1.807, 2.05) is 30.0 Å². The standard InChI is InChI=1S/C17H18BrN3O/c1-12-10-13(4-6-15(12)18)20-14-5-7-16(19-11-14)17(22)21-8-2-3-9-21/h4-7,10-11,20H,2-3,8-9H2,1H3. The number of pyridine rings is 1. The molecule has 0 unspecified atom stereocenters. The Bertz CT molecular complexity index is 679. The molecule has 1 N–H and O–H groups in total. The largest absolute Gasteiger partial charge is 0.354 e. The number of anilines is 2. The Morgan fingerprint density at radius 3 is 2.55 bits per heavy atom. The smallest absolute Gasteiger partial charge is 0.272 e. The van der Waals surface area contributed by atoms with Crippen molar-refractivity contribution in [2.75, 3.05) is 18.4 Å². The summed E-state index contributed by atoms with van der Waals surface area (Å²) in [6.45, 7) is 3.74. The number of hydrogen-bond donors (Lipinski definition) is 1.